The van der Waals surface area contributed by atoms with Gasteiger partial charge in [-0.25, -0.2) is 0 Å². The van der Waals surface area contributed by atoms with E-state index in [2.05, 4.69) is 17.2 Å². The van der Waals surface area contributed by atoms with Crippen molar-refractivity contribution in [2.45, 2.75) is 19.3 Å². The van der Waals surface area contributed by atoms with Crippen LogP contribution in [0.3, 0.4) is 0 Å². The minimum atomic E-state index is 0.763. The lowest BCUT2D eigenvalue weighted by molar-refractivity contribution is 0.192. The van der Waals surface area contributed by atoms with Crippen molar-refractivity contribution in [1.82, 2.24) is 5.32 Å². The van der Waals surface area contributed by atoms with Crippen molar-refractivity contribution in [1.29, 1.82) is 0 Å². The van der Waals surface area contributed by atoms with E-state index in [1.807, 2.05) is 30.3 Å². The lowest BCUT2D eigenvalue weighted by Gasteiger charge is -2.00. The Kier molecular flexibility index (Phi) is 8.01. The second-order valence-electron chi connectivity index (χ2n) is 3.90. The Bertz CT molecular complexity index is 337. The summed E-state index contributed by atoms with van der Waals surface area (Å²) in [5.41, 5.74) is 1.08. The van der Waals surface area contributed by atoms with Crippen molar-refractivity contribution in [2.75, 3.05) is 26.8 Å². The Labute approximate surface area is 104 Å². The number of unbranched alkanes of at least 4 members (excludes halogenated alkanes) is 2. The topological polar surface area (TPSA) is 21.3 Å². The fourth-order valence-electron chi connectivity index (χ4n) is 1.49. The van der Waals surface area contributed by atoms with Crippen LogP contribution in [0.2, 0.25) is 0 Å². The molecular weight excluding hydrogens is 210 g/mol. The van der Waals surface area contributed by atoms with Gasteiger partial charge in [-0.05, 0) is 37.9 Å². The van der Waals surface area contributed by atoms with Gasteiger partial charge in [0.15, 0.2) is 0 Å². The molecule has 0 aliphatic heterocycles. The van der Waals surface area contributed by atoms with Crippen LogP contribution in [-0.4, -0.2) is 26.8 Å². The number of ether oxygens (including phenoxy) is 1. The molecule has 0 atom stereocenters. The van der Waals surface area contributed by atoms with Crippen molar-refractivity contribution in [3.05, 3.63) is 35.9 Å². The molecule has 1 aromatic rings. The van der Waals surface area contributed by atoms with Crippen LogP contribution in [0, 0.1) is 11.8 Å². The first kappa shape index (κ1) is 13.8. The van der Waals surface area contributed by atoms with E-state index in [1.54, 1.807) is 7.11 Å². The maximum Gasteiger partial charge on any atom is 0.0580 e. The molecule has 0 aromatic heterocycles. The smallest absolute Gasteiger partial charge is 0.0580 e. The number of rotatable bonds is 7. The van der Waals surface area contributed by atoms with Gasteiger partial charge >= 0.3 is 0 Å². The number of hydrogen-bond acceptors (Lipinski definition) is 2. The third-order valence-electron chi connectivity index (χ3n) is 2.42. The van der Waals surface area contributed by atoms with Gasteiger partial charge in [-0.1, -0.05) is 30.0 Å². The van der Waals surface area contributed by atoms with Crippen molar-refractivity contribution in [2.24, 2.45) is 0 Å². The molecule has 0 saturated heterocycles. The number of hydrogen-bond donors (Lipinski definition) is 1. The van der Waals surface area contributed by atoms with Gasteiger partial charge in [-0.3, -0.25) is 0 Å². The average Bonchev–Trinajstić information content (AvgIpc) is 2.38. The SMILES string of the molecule is COCCCCCNCC#Cc1ccccc1. The van der Waals surface area contributed by atoms with E-state index in [4.69, 9.17) is 4.74 Å². The Morgan fingerprint density at radius 3 is 2.71 bits per heavy atom. The fourth-order valence-corrected chi connectivity index (χ4v) is 1.49. The molecule has 17 heavy (non-hydrogen) atoms. The molecule has 0 aliphatic carbocycles. The average molecular weight is 231 g/mol. The summed E-state index contributed by atoms with van der Waals surface area (Å²) in [6, 6.07) is 10.1. The molecule has 0 fully saturated rings. The maximum absolute atomic E-state index is 4.99. The summed E-state index contributed by atoms with van der Waals surface area (Å²) in [6.45, 7) is 2.67. The number of nitrogens with one attached hydrogen (secondary N) is 1. The Balaban J connectivity index is 1.99. The van der Waals surface area contributed by atoms with Gasteiger partial charge < -0.3 is 10.1 Å². The molecule has 0 unspecified atom stereocenters. The first-order valence-electron chi connectivity index (χ1n) is 6.17. The van der Waals surface area contributed by atoms with Crippen LogP contribution in [0.25, 0.3) is 0 Å². The van der Waals surface area contributed by atoms with Crippen molar-refractivity contribution < 1.29 is 4.74 Å². The minimum Gasteiger partial charge on any atom is -0.385 e. The van der Waals surface area contributed by atoms with E-state index in [-0.39, 0.29) is 0 Å². The molecule has 1 aromatic carbocycles. The molecule has 0 amide bonds. The lowest BCUT2D eigenvalue weighted by Crippen LogP contribution is -2.15. The van der Waals surface area contributed by atoms with Crippen LogP contribution in [0.4, 0.5) is 0 Å². The third-order valence-corrected chi connectivity index (χ3v) is 2.42. The second-order valence-corrected chi connectivity index (χ2v) is 3.90. The molecule has 1 rings (SSSR count). The third kappa shape index (κ3) is 7.57. The Morgan fingerprint density at radius 2 is 1.94 bits per heavy atom. The van der Waals surface area contributed by atoms with Gasteiger partial charge in [0.2, 0.25) is 0 Å². The highest BCUT2D eigenvalue weighted by molar-refractivity contribution is 5.33. The van der Waals surface area contributed by atoms with Crippen molar-refractivity contribution in [3.8, 4) is 11.8 Å². The molecule has 0 saturated carbocycles. The highest BCUT2D eigenvalue weighted by Gasteiger charge is 1.88. The van der Waals surface area contributed by atoms with Gasteiger partial charge in [0.25, 0.3) is 0 Å². The summed E-state index contributed by atoms with van der Waals surface area (Å²) in [4.78, 5) is 0. The zero-order chi connectivity index (χ0) is 12.2. The van der Waals surface area contributed by atoms with Crippen LogP contribution in [0.5, 0.6) is 0 Å². The van der Waals surface area contributed by atoms with Crippen LogP contribution < -0.4 is 5.32 Å². The predicted molar refractivity (Wildman–Crippen MR) is 71.9 cm³/mol. The van der Waals surface area contributed by atoms with Crippen LogP contribution in [0.15, 0.2) is 30.3 Å². The zero-order valence-corrected chi connectivity index (χ0v) is 10.5. The molecule has 0 spiro atoms. The first-order valence-corrected chi connectivity index (χ1v) is 6.17. The Morgan fingerprint density at radius 1 is 1.12 bits per heavy atom. The fraction of sp³-hybridized carbons (Fsp3) is 0.467. The maximum atomic E-state index is 4.99. The Hall–Kier alpha value is -1.30. The van der Waals surface area contributed by atoms with E-state index >= 15 is 0 Å². The van der Waals surface area contributed by atoms with E-state index in [0.29, 0.717) is 0 Å². The van der Waals surface area contributed by atoms with E-state index in [9.17, 15) is 0 Å². The monoisotopic (exact) mass is 231 g/mol. The van der Waals surface area contributed by atoms with Crippen LogP contribution >= 0.6 is 0 Å². The van der Waals surface area contributed by atoms with Gasteiger partial charge in [0, 0.05) is 19.3 Å². The van der Waals surface area contributed by atoms with Gasteiger partial charge in [0.1, 0.15) is 0 Å². The lowest BCUT2D eigenvalue weighted by atomic mass is 10.2. The van der Waals surface area contributed by atoms with E-state index < -0.39 is 0 Å². The standard InChI is InChI=1S/C15H21NO/c1-17-14-7-3-6-12-16-13-8-11-15-9-4-2-5-10-15/h2,4-5,9-10,16H,3,6-7,12-14H2,1H3. The summed E-state index contributed by atoms with van der Waals surface area (Å²) in [5.74, 6) is 6.24. The molecule has 2 nitrogen and oxygen atoms in total. The number of benzene rings is 1. The highest BCUT2D eigenvalue weighted by atomic mass is 16.5. The van der Waals surface area contributed by atoms with E-state index in [0.717, 1.165) is 31.7 Å². The van der Waals surface area contributed by atoms with Gasteiger partial charge in [0.05, 0.1) is 6.54 Å². The van der Waals surface area contributed by atoms with Crippen LogP contribution in [0.1, 0.15) is 24.8 Å². The largest absolute Gasteiger partial charge is 0.385 e. The molecule has 0 radical (unpaired) electrons. The number of methoxy groups -OCH3 is 1. The molecule has 92 valence electrons. The highest BCUT2D eigenvalue weighted by Crippen LogP contribution is 1.95. The van der Waals surface area contributed by atoms with Gasteiger partial charge in [-0.15, -0.1) is 0 Å². The molecule has 0 aliphatic rings. The van der Waals surface area contributed by atoms with Crippen molar-refractivity contribution in [3.63, 3.8) is 0 Å². The summed E-state index contributed by atoms with van der Waals surface area (Å²) in [7, 11) is 1.75. The molecular formula is C15H21NO. The normalized spacial score (nSPS) is 9.71. The van der Waals surface area contributed by atoms with Crippen molar-refractivity contribution >= 4 is 0 Å². The predicted octanol–water partition coefficient (Wildman–Crippen LogP) is 2.44. The molecule has 2 heteroatoms. The molecule has 0 bridgehead atoms. The first-order chi connectivity index (χ1) is 8.43. The quantitative estimate of drug-likeness (QED) is 0.575. The molecule has 0 heterocycles. The van der Waals surface area contributed by atoms with Gasteiger partial charge in [-0.2, -0.15) is 0 Å². The zero-order valence-electron chi connectivity index (χ0n) is 10.5. The van der Waals surface area contributed by atoms with Crippen LogP contribution in [-0.2, 0) is 4.74 Å². The summed E-state index contributed by atoms with van der Waals surface area (Å²) >= 11 is 0. The molecule has 1 N–H and O–H groups in total. The summed E-state index contributed by atoms with van der Waals surface area (Å²) < 4.78 is 4.99. The summed E-state index contributed by atoms with van der Waals surface area (Å²) in [5, 5.41) is 3.32. The second kappa shape index (κ2) is 9.89. The van der Waals surface area contributed by atoms with E-state index in [1.165, 1.54) is 12.8 Å². The minimum absolute atomic E-state index is 0.763. The summed E-state index contributed by atoms with van der Waals surface area (Å²) in [6.07, 6.45) is 3.55.